The molecule has 0 bridgehead atoms. The number of unbranched alkanes of at least 4 members (excludes halogenated alkanes) is 2. The quantitative estimate of drug-likeness (QED) is 0.198. The number of carbonyl (C=O) groups is 3. The number of aldehydes is 1. The van der Waals surface area contributed by atoms with Crippen molar-refractivity contribution in [3.8, 4) is 5.75 Å². The summed E-state index contributed by atoms with van der Waals surface area (Å²) in [4.78, 5) is 34.3. The number of nitrogens with one attached hydrogen (secondary N) is 2. The topological polar surface area (TPSA) is 93.7 Å². The van der Waals surface area contributed by atoms with Crippen LogP contribution in [-0.2, 0) is 20.7 Å². The number of rotatable bonds is 15. The molecule has 1 unspecified atom stereocenters. The highest BCUT2D eigenvalue weighted by Crippen LogP contribution is 2.15. The fraction of sp³-hybridized carbons (Fsp3) is 0.435. The molecule has 0 saturated heterocycles. The minimum Gasteiger partial charge on any atom is -0.410 e. The predicted octanol–water partition coefficient (Wildman–Crippen LogP) is 3.20. The van der Waals surface area contributed by atoms with Crippen molar-refractivity contribution in [2.24, 2.45) is 5.92 Å². The number of ether oxygens (including phenoxy) is 2. The van der Waals surface area contributed by atoms with Gasteiger partial charge in [0.25, 0.3) is 0 Å². The Morgan fingerprint density at radius 2 is 1.77 bits per heavy atom. The molecule has 0 aliphatic rings. The van der Waals surface area contributed by atoms with Gasteiger partial charge in [-0.05, 0) is 50.3 Å². The molecule has 0 heterocycles. The Morgan fingerprint density at radius 1 is 1.10 bits per heavy atom. The van der Waals surface area contributed by atoms with Crippen molar-refractivity contribution in [2.75, 3.05) is 26.3 Å². The van der Waals surface area contributed by atoms with E-state index < -0.39 is 6.09 Å². The first-order valence-electron chi connectivity index (χ1n) is 10.1. The third kappa shape index (κ3) is 11.2. The number of carbonyl (C=O) groups excluding carboxylic acids is 3. The maximum Gasteiger partial charge on any atom is 0.412 e. The zero-order valence-electron chi connectivity index (χ0n) is 17.7. The molecule has 0 radical (unpaired) electrons. The van der Waals surface area contributed by atoms with Crippen LogP contribution in [0, 0.1) is 5.92 Å². The van der Waals surface area contributed by atoms with Gasteiger partial charge in [-0.15, -0.1) is 6.58 Å². The highest BCUT2D eigenvalue weighted by atomic mass is 16.6. The first kappa shape index (κ1) is 25.1. The van der Waals surface area contributed by atoms with E-state index in [1.807, 2.05) is 12.1 Å². The fourth-order valence-electron chi connectivity index (χ4n) is 2.56. The minimum atomic E-state index is -0.512. The van der Waals surface area contributed by atoms with E-state index in [9.17, 15) is 14.4 Å². The lowest BCUT2D eigenvalue weighted by molar-refractivity contribution is -0.117. The van der Waals surface area contributed by atoms with Crippen LogP contribution in [0.15, 0.2) is 49.1 Å². The molecular formula is C23H32N2O5. The first-order chi connectivity index (χ1) is 14.5. The smallest absolute Gasteiger partial charge is 0.410 e. The molecule has 0 fully saturated rings. The van der Waals surface area contributed by atoms with Crippen molar-refractivity contribution in [1.29, 1.82) is 0 Å². The SMILES string of the molecule is C=CCOCC(C=O)Cc1ccc(OC(=O)NCCCCCNC(=O)C(=C)C)cc1. The van der Waals surface area contributed by atoms with Gasteiger partial charge in [0, 0.05) is 24.6 Å². The van der Waals surface area contributed by atoms with Crippen LogP contribution < -0.4 is 15.4 Å². The average Bonchev–Trinajstić information content (AvgIpc) is 2.73. The molecule has 1 rings (SSSR count). The van der Waals surface area contributed by atoms with E-state index in [1.54, 1.807) is 25.1 Å². The monoisotopic (exact) mass is 416 g/mol. The van der Waals surface area contributed by atoms with Crippen molar-refractivity contribution >= 4 is 18.3 Å². The Morgan fingerprint density at radius 3 is 2.37 bits per heavy atom. The van der Waals surface area contributed by atoms with Crippen LogP contribution in [0.25, 0.3) is 0 Å². The maximum absolute atomic E-state index is 11.9. The van der Waals surface area contributed by atoms with Gasteiger partial charge in [0.05, 0.1) is 13.2 Å². The molecular weight excluding hydrogens is 384 g/mol. The molecule has 30 heavy (non-hydrogen) atoms. The molecule has 0 saturated carbocycles. The molecule has 1 atom stereocenters. The molecule has 1 aromatic rings. The van der Waals surface area contributed by atoms with Crippen LogP contribution >= 0.6 is 0 Å². The van der Waals surface area contributed by atoms with Crippen LogP contribution in [0.1, 0.15) is 31.7 Å². The van der Waals surface area contributed by atoms with E-state index in [2.05, 4.69) is 23.8 Å². The highest BCUT2D eigenvalue weighted by molar-refractivity contribution is 5.92. The summed E-state index contributed by atoms with van der Waals surface area (Å²) in [6.07, 6.45) is 5.07. The van der Waals surface area contributed by atoms with Crippen molar-refractivity contribution < 1.29 is 23.9 Å². The Bertz CT molecular complexity index is 700. The van der Waals surface area contributed by atoms with Gasteiger partial charge in [0.15, 0.2) is 0 Å². The van der Waals surface area contributed by atoms with Crippen molar-refractivity contribution in [3.63, 3.8) is 0 Å². The molecule has 7 heteroatoms. The summed E-state index contributed by atoms with van der Waals surface area (Å²) >= 11 is 0. The minimum absolute atomic E-state index is 0.134. The second-order valence-corrected chi connectivity index (χ2v) is 6.98. The first-order valence-corrected chi connectivity index (χ1v) is 10.1. The summed E-state index contributed by atoms with van der Waals surface area (Å²) in [5.41, 5.74) is 1.45. The average molecular weight is 417 g/mol. The standard InChI is InChI=1S/C23H32N2O5/c1-4-14-29-17-20(16-26)15-19-8-10-21(11-9-19)30-23(28)25-13-7-5-6-12-24-22(27)18(2)3/h4,8-11,16,20H,1-2,5-7,12-15,17H2,3H3,(H,24,27)(H,25,28). The molecule has 0 aliphatic heterocycles. The summed E-state index contributed by atoms with van der Waals surface area (Å²) in [5, 5.41) is 5.47. The van der Waals surface area contributed by atoms with E-state index in [0.29, 0.717) is 44.0 Å². The lowest BCUT2D eigenvalue weighted by Gasteiger charge is -2.11. The van der Waals surface area contributed by atoms with E-state index in [4.69, 9.17) is 9.47 Å². The lowest BCUT2D eigenvalue weighted by Crippen LogP contribution is -2.28. The van der Waals surface area contributed by atoms with Gasteiger partial charge in [0.1, 0.15) is 12.0 Å². The van der Waals surface area contributed by atoms with Crippen molar-refractivity contribution in [2.45, 2.75) is 32.6 Å². The molecule has 7 nitrogen and oxygen atoms in total. The zero-order valence-corrected chi connectivity index (χ0v) is 17.7. The van der Waals surface area contributed by atoms with Crippen molar-refractivity contribution in [1.82, 2.24) is 10.6 Å². The van der Waals surface area contributed by atoms with Gasteiger partial charge in [-0.2, -0.15) is 0 Å². The Balaban J connectivity index is 2.23. The number of benzene rings is 1. The van der Waals surface area contributed by atoms with E-state index >= 15 is 0 Å². The van der Waals surface area contributed by atoms with Gasteiger partial charge in [-0.1, -0.05) is 24.8 Å². The molecule has 2 N–H and O–H groups in total. The number of hydrogen-bond acceptors (Lipinski definition) is 5. The largest absolute Gasteiger partial charge is 0.412 e. The Kier molecular flexibility index (Phi) is 12.5. The molecule has 0 spiro atoms. The molecule has 0 aliphatic carbocycles. The van der Waals surface area contributed by atoms with Crippen LogP contribution in [0.5, 0.6) is 5.75 Å². The summed E-state index contributed by atoms with van der Waals surface area (Å²) in [7, 11) is 0. The van der Waals surface area contributed by atoms with Crippen LogP contribution in [-0.4, -0.2) is 44.6 Å². The van der Waals surface area contributed by atoms with Gasteiger partial charge >= 0.3 is 6.09 Å². The van der Waals surface area contributed by atoms with Crippen LogP contribution in [0.4, 0.5) is 4.79 Å². The lowest BCUT2D eigenvalue weighted by atomic mass is 10.0. The Labute approximate surface area is 178 Å². The van der Waals surface area contributed by atoms with E-state index in [-0.39, 0.29) is 11.8 Å². The fourth-order valence-corrected chi connectivity index (χ4v) is 2.56. The van der Waals surface area contributed by atoms with Gasteiger partial charge in [-0.3, -0.25) is 4.79 Å². The second kappa shape index (κ2) is 15.0. The maximum atomic E-state index is 11.9. The van der Waals surface area contributed by atoms with Gasteiger partial charge in [-0.25, -0.2) is 4.79 Å². The summed E-state index contributed by atoms with van der Waals surface area (Å²) in [6.45, 7) is 10.7. The molecule has 2 amide bonds. The van der Waals surface area contributed by atoms with Crippen LogP contribution in [0.3, 0.4) is 0 Å². The van der Waals surface area contributed by atoms with E-state index in [1.165, 1.54) is 0 Å². The second-order valence-electron chi connectivity index (χ2n) is 6.98. The molecule has 1 aromatic carbocycles. The molecule has 164 valence electrons. The van der Waals surface area contributed by atoms with E-state index in [0.717, 1.165) is 31.1 Å². The summed E-state index contributed by atoms with van der Waals surface area (Å²) < 4.78 is 10.6. The van der Waals surface area contributed by atoms with Gasteiger partial charge < -0.3 is 24.9 Å². The molecule has 0 aromatic heterocycles. The summed E-state index contributed by atoms with van der Waals surface area (Å²) in [6, 6.07) is 7.05. The summed E-state index contributed by atoms with van der Waals surface area (Å²) in [5.74, 6) is 0.0730. The van der Waals surface area contributed by atoms with Crippen molar-refractivity contribution in [3.05, 3.63) is 54.6 Å². The third-order valence-corrected chi connectivity index (χ3v) is 4.19. The third-order valence-electron chi connectivity index (χ3n) is 4.19. The Hall–Kier alpha value is -2.93. The predicted molar refractivity (Wildman–Crippen MR) is 116 cm³/mol. The van der Waals surface area contributed by atoms with Gasteiger partial charge in [0.2, 0.25) is 5.91 Å². The zero-order chi connectivity index (χ0) is 22.2. The normalized spacial score (nSPS) is 11.2. The number of amides is 2. The highest BCUT2D eigenvalue weighted by Gasteiger charge is 2.10. The number of hydrogen-bond donors (Lipinski definition) is 2. The van der Waals surface area contributed by atoms with Crippen LogP contribution in [0.2, 0.25) is 0 Å².